The zero-order chi connectivity index (χ0) is 10.9. The van der Waals surface area contributed by atoms with Crippen molar-refractivity contribution in [1.82, 2.24) is 9.97 Å². The topological polar surface area (TPSA) is 76.3 Å². The number of aromatic amines is 1. The van der Waals surface area contributed by atoms with Crippen LogP contribution in [0.2, 0.25) is 0 Å². The standard InChI is InChI=1S/C11H14N4/c12-7-3-1-5-10-11(15-9-14-10)6-2-4-8-13/h9H,1-6H2,(H,14,15). The van der Waals surface area contributed by atoms with Crippen molar-refractivity contribution in [2.24, 2.45) is 0 Å². The highest BCUT2D eigenvalue weighted by Crippen LogP contribution is 2.10. The molecular formula is C11H14N4. The lowest BCUT2D eigenvalue weighted by Gasteiger charge is -1.99. The van der Waals surface area contributed by atoms with Crippen LogP contribution in [0.3, 0.4) is 0 Å². The lowest BCUT2D eigenvalue weighted by atomic mass is 10.1. The van der Waals surface area contributed by atoms with Crippen molar-refractivity contribution in [2.75, 3.05) is 0 Å². The fourth-order valence-electron chi connectivity index (χ4n) is 1.46. The van der Waals surface area contributed by atoms with Gasteiger partial charge in [0.2, 0.25) is 0 Å². The van der Waals surface area contributed by atoms with Gasteiger partial charge in [0.25, 0.3) is 0 Å². The quantitative estimate of drug-likeness (QED) is 0.717. The molecular weight excluding hydrogens is 188 g/mol. The van der Waals surface area contributed by atoms with Gasteiger partial charge in [-0.2, -0.15) is 10.5 Å². The zero-order valence-electron chi connectivity index (χ0n) is 8.66. The van der Waals surface area contributed by atoms with Crippen molar-refractivity contribution in [3.63, 3.8) is 0 Å². The fraction of sp³-hybridized carbons (Fsp3) is 0.545. The number of rotatable bonds is 6. The molecule has 0 aliphatic rings. The van der Waals surface area contributed by atoms with Gasteiger partial charge >= 0.3 is 0 Å². The molecule has 1 rings (SSSR count). The Morgan fingerprint density at radius 2 is 1.80 bits per heavy atom. The van der Waals surface area contributed by atoms with Crippen molar-refractivity contribution >= 4 is 0 Å². The van der Waals surface area contributed by atoms with Gasteiger partial charge in [0, 0.05) is 18.5 Å². The van der Waals surface area contributed by atoms with Crippen LogP contribution >= 0.6 is 0 Å². The Bertz CT molecular complexity index is 332. The first-order valence-electron chi connectivity index (χ1n) is 5.13. The van der Waals surface area contributed by atoms with Crippen molar-refractivity contribution < 1.29 is 0 Å². The molecule has 0 unspecified atom stereocenters. The predicted octanol–water partition coefficient (Wildman–Crippen LogP) is 2.10. The van der Waals surface area contributed by atoms with E-state index in [9.17, 15) is 0 Å². The third-order valence-electron chi connectivity index (χ3n) is 2.23. The van der Waals surface area contributed by atoms with Gasteiger partial charge in [0.1, 0.15) is 0 Å². The van der Waals surface area contributed by atoms with E-state index >= 15 is 0 Å². The summed E-state index contributed by atoms with van der Waals surface area (Å²) in [5, 5.41) is 16.8. The second kappa shape index (κ2) is 6.62. The minimum absolute atomic E-state index is 0.574. The van der Waals surface area contributed by atoms with Gasteiger partial charge < -0.3 is 4.98 Å². The molecule has 0 spiro atoms. The SMILES string of the molecule is N#CCCCc1nc[nH]c1CCCC#N. The van der Waals surface area contributed by atoms with Crippen LogP contribution in [0, 0.1) is 22.7 Å². The summed E-state index contributed by atoms with van der Waals surface area (Å²) in [4.78, 5) is 7.31. The van der Waals surface area contributed by atoms with E-state index in [4.69, 9.17) is 10.5 Å². The van der Waals surface area contributed by atoms with Crippen LogP contribution in [0.15, 0.2) is 6.33 Å². The molecule has 1 N–H and O–H groups in total. The zero-order valence-corrected chi connectivity index (χ0v) is 8.66. The molecule has 78 valence electrons. The maximum atomic E-state index is 8.43. The Balaban J connectivity index is 2.40. The van der Waals surface area contributed by atoms with E-state index in [1.165, 1.54) is 0 Å². The van der Waals surface area contributed by atoms with Gasteiger partial charge in [-0.1, -0.05) is 0 Å². The molecule has 0 saturated carbocycles. The molecule has 0 amide bonds. The molecule has 0 saturated heterocycles. The average Bonchev–Trinajstić information content (AvgIpc) is 2.67. The van der Waals surface area contributed by atoms with Crippen LogP contribution in [0.4, 0.5) is 0 Å². The minimum Gasteiger partial charge on any atom is -0.348 e. The second-order valence-electron chi connectivity index (χ2n) is 3.35. The number of imidazole rings is 1. The first-order valence-corrected chi connectivity index (χ1v) is 5.13. The number of unbranched alkanes of at least 4 members (excludes halogenated alkanes) is 2. The van der Waals surface area contributed by atoms with E-state index < -0.39 is 0 Å². The van der Waals surface area contributed by atoms with E-state index in [2.05, 4.69) is 22.1 Å². The Labute approximate surface area is 89.6 Å². The van der Waals surface area contributed by atoms with Crippen LogP contribution in [-0.2, 0) is 12.8 Å². The first kappa shape index (κ1) is 11.3. The minimum atomic E-state index is 0.574. The Morgan fingerprint density at radius 3 is 2.47 bits per heavy atom. The third-order valence-corrected chi connectivity index (χ3v) is 2.23. The molecule has 1 aromatic rings. The number of nitrogens with zero attached hydrogens (tertiary/aromatic N) is 3. The molecule has 0 atom stereocenters. The molecule has 0 radical (unpaired) electrons. The highest BCUT2D eigenvalue weighted by Gasteiger charge is 2.04. The number of hydrogen-bond acceptors (Lipinski definition) is 3. The van der Waals surface area contributed by atoms with Crippen LogP contribution in [-0.4, -0.2) is 9.97 Å². The monoisotopic (exact) mass is 202 g/mol. The Morgan fingerprint density at radius 1 is 1.13 bits per heavy atom. The van der Waals surface area contributed by atoms with Gasteiger partial charge in [-0.05, 0) is 25.7 Å². The lowest BCUT2D eigenvalue weighted by molar-refractivity contribution is 0.782. The summed E-state index contributed by atoms with van der Waals surface area (Å²) in [6.45, 7) is 0. The number of hydrogen-bond donors (Lipinski definition) is 1. The largest absolute Gasteiger partial charge is 0.348 e. The van der Waals surface area contributed by atoms with E-state index in [0.29, 0.717) is 12.8 Å². The normalized spacial score (nSPS) is 9.47. The molecule has 0 aromatic carbocycles. The molecule has 0 bridgehead atoms. The van der Waals surface area contributed by atoms with Crippen LogP contribution in [0.1, 0.15) is 37.1 Å². The van der Waals surface area contributed by atoms with Crippen LogP contribution < -0.4 is 0 Å². The van der Waals surface area contributed by atoms with E-state index in [1.807, 2.05) is 0 Å². The molecule has 0 fully saturated rings. The lowest BCUT2D eigenvalue weighted by Crippen LogP contribution is -1.94. The number of H-pyrrole nitrogens is 1. The third kappa shape index (κ3) is 3.83. The Kier molecular flexibility index (Phi) is 4.97. The number of nitriles is 2. The average molecular weight is 202 g/mol. The molecule has 4 nitrogen and oxygen atoms in total. The van der Waals surface area contributed by atoms with Gasteiger partial charge in [-0.3, -0.25) is 0 Å². The van der Waals surface area contributed by atoms with Crippen LogP contribution in [0.5, 0.6) is 0 Å². The van der Waals surface area contributed by atoms with Crippen molar-refractivity contribution in [1.29, 1.82) is 10.5 Å². The first-order chi connectivity index (χ1) is 7.38. The number of aromatic nitrogens is 2. The van der Waals surface area contributed by atoms with Gasteiger partial charge in [0.05, 0.1) is 24.2 Å². The second-order valence-corrected chi connectivity index (χ2v) is 3.35. The maximum Gasteiger partial charge on any atom is 0.0925 e. The van der Waals surface area contributed by atoms with Gasteiger partial charge in [0.15, 0.2) is 0 Å². The van der Waals surface area contributed by atoms with Crippen LogP contribution in [0.25, 0.3) is 0 Å². The fourth-order valence-corrected chi connectivity index (χ4v) is 1.46. The van der Waals surface area contributed by atoms with Crippen molar-refractivity contribution in [3.8, 4) is 12.1 Å². The van der Waals surface area contributed by atoms with Gasteiger partial charge in [-0.15, -0.1) is 0 Å². The predicted molar refractivity (Wildman–Crippen MR) is 55.7 cm³/mol. The highest BCUT2D eigenvalue weighted by atomic mass is 14.9. The summed E-state index contributed by atoms with van der Waals surface area (Å²) in [7, 11) is 0. The number of nitrogens with one attached hydrogen (secondary N) is 1. The molecule has 0 aliphatic heterocycles. The number of aryl methyl sites for hydroxylation is 2. The summed E-state index contributed by atoms with van der Waals surface area (Å²) in [6.07, 6.45) is 6.27. The summed E-state index contributed by atoms with van der Waals surface area (Å²) in [5.41, 5.74) is 2.16. The Hall–Kier alpha value is -1.81. The maximum absolute atomic E-state index is 8.43. The van der Waals surface area contributed by atoms with Crippen molar-refractivity contribution in [3.05, 3.63) is 17.7 Å². The van der Waals surface area contributed by atoms with Crippen molar-refractivity contribution in [2.45, 2.75) is 38.5 Å². The van der Waals surface area contributed by atoms with E-state index in [1.54, 1.807) is 6.33 Å². The van der Waals surface area contributed by atoms with E-state index in [-0.39, 0.29) is 0 Å². The summed E-state index contributed by atoms with van der Waals surface area (Å²) >= 11 is 0. The molecule has 15 heavy (non-hydrogen) atoms. The molecule has 4 heteroatoms. The molecule has 0 aliphatic carbocycles. The van der Waals surface area contributed by atoms with Gasteiger partial charge in [-0.25, -0.2) is 4.98 Å². The van der Waals surface area contributed by atoms with E-state index in [0.717, 1.165) is 37.1 Å². The molecule has 1 aromatic heterocycles. The highest BCUT2D eigenvalue weighted by molar-refractivity contribution is 5.11. The summed E-state index contributed by atoms with van der Waals surface area (Å²) in [6, 6.07) is 4.25. The summed E-state index contributed by atoms with van der Waals surface area (Å²) in [5.74, 6) is 0. The summed E-state index contributed by atoms with van der Waals surface area (Å²) < 4.78 is 0. The smallest absolute Gasteiger partial charge is 0.0925 e. The molecule has 1 heterocycles.